The number of carboxylic acid groups (broad SMARTS) is 1. The summed E-state index contributed by atoms with van der Waals surface area (Å²) in [6.45, 7) is -0.0682. The second-order valence-electron chi connectivity index (χ2n) is 6.21. The Morgan fingerprint density at radius 2 is 1.90 bits per heavy atom. The number of hydrogen-bond acceptors (Lipinski definition) is 6. The second kappa shape index (κ2) is 9.11. The number of carbonyl (C=O) groups is 2. The zero-order valence-electron chi connectivity index (χ0n) is 16.0. The molecule has 3 aromatic rings. The number of hydrogen-bond donors (Lipinski definition) is 2. The molecule has 0 aliphatic heterocycles. The predicted octanol–water partition coefficient (Wildman–Crippen LogP) is 2.85. The van der Waals surface area contributed by atoms with Crippen molar-refractivity contribution >= 4 is 22.8 Å². The van der Waals surface area contributed by atoms with Crippen LogP contribution in [-0.2, 0) is 16.1 Å². The molecule has 152 valence electrons. The monoisotopic (exact) mass is 399 g/mol. The molecule has 8 nitrogen and oxygen atoms in total. The largest absolute Gasteiger partial charge is 0.497 e. The van der Waals surface area contributed by atoms with Crippen LogP contribution in [0.4, 0.5) is 0 Å². The van der Waals surface area contributed by atoms with E-state index in [1.807, 2.05) is 18.2 Å². The minimum atomic E-state index is -1.24. The van der Waals surface area contributed by atoms with Crippen LogP contribution in [0.2, 0.25) is 0 Å². The molecule has 0 spiro atoms. The smallest absolute Gasteiger partial charge is 0.328 e. The Balaban J connectivity index is 1.64. The van der Waals surface area contributed by atoms with Gasteiger partial charge in [0.05, 0.1) is 27.4 Å². The lowest BCUT2D eigenvalue weighted by atomic mass is 10.2. The summed E-state index contributed by atoms with van der Waals surface area (Å²) < 4.78 is 21.4. The molecule has 0 saturated carbocycles. The quantitative estimate of drug-likeness (QED) is 0.570. The number of ether oxygens (including phenoxy) is 3. The van der Waals surface area contributed by atoms with Gasteiger partial charge in [0, 0.05) is 10.9 Å². The molecule has 8 heteroatoms. The number of nitrogens with one attached hydrogen (secondary N) is 1. The summed E-state index contributed by atoms with van der Waals surface area (Å²) in [6.07, 6.45) is 0. The van der Waals surface area contributed by atoms with E-state index >= 15 is 0 Å². The fraction of sp³-hybridized carbons (Fsp3) is 0.238. The van der Waals surface area contributed by atoms with E-state index in [2.05, 4.69) is 5.32 Å². The van der Waals surface area contributed by atoms with Crippen LogP contribution in [0.1, 0.15) is 16.1 Å². The summed E-state index contributed by atoms with van der Waals surface area (Å²) in [5.74, 6) is -0.589. The number of benzene rings is 2. The molecule has 2 N–H and O–H groups in total. The van der Waals surface area contributed by atoms with Crippen LogP contribution in [0.25, 0.3) is 11.0 Å². The fourth-order valence-electron chi connectivity index (χ4n) is 2.77. The number of fused-ring (bicyclic) bond motifs is 1. The van der Waals surface area contributed by atoms with Gasteiger partial charge in [-0.25, -0.2) is 4.79 Å². The maximum absolute atomic E-state index is 12.4. The first-order valence-corrected chi connectivity index (χ1v) is 8.82. The Morgan fingerprint density at radius 3 is 2.62 bits per heavy atom. The van der Waals surface area contributed by atoms with E-state index < -0.39 is 17.9 Å². The Morgan fingerprint density at radius 1 is 1.10 bits per heavy atom. The van der Waals surface area contributed by atoms with Gasteiger partial charge in [-0.3, -0.25) is 4.79 Å². The fourth-order valence-corrected chi connectivity index (χ4v) is 2.77. The average molecular weight is 399 g/mol. The third kappa shape index (κ3) is 4.85. The summed E-state index contributed by atoms with van der Waals surface area (Å²) in [5, 5.41) is 12.5. The van der Waals surface area contributed by atoms with Crippen molar-refractivity contribution in [3.05, 3.63) is 59.9 Å². The maximum atomic E-state index is 12.4. The number of methoxy groups -OCH3 is 2. The maximum Gasteiger partial charge on any atom is 0.328 e. The summed E-state index contributed by atoms with van der Waals surface area (Å²) in [6, 6.07) is 12.7. The highest BCUT2D eigenvalue weighted by Gasteiger charge is 2.23. The van der Waals surface area contributed by atoms with Crippen LogP contribution in [-0.4, -0.2) is 43.9 Å². The SMILES string of the molecule is COc1ccc2oc(C(=O)N[C@@H](COCc3ccccc3OC)C(=O)O)cc2c1. The van der Waals surface area contributed by atoms with Crippen molar-refractivity contribution in [2.24, 2.45) is 0 Å². The molecule has 29 heavy (non-hydrogen) atoms. The minimum Gasteiger partial charge on any atom is -0.497 e. The predicted molar refractivity (Wildman–Crippen MR) is 104 cm³/mol. The standard InChI is InChI=1S/C21H21NO7/c1-26-15-7-8-18-14(9-15)10-19(29-18)20(23)22-16(21(24)25)12-28-11-13-5-3-4-6-17(13)27-2/h3-10,16H,11-12H2,1-2H3,(H,22,23)(H,24,25)/t16-/m0/s1. The van der Waals surface area contributed by atoms with Crippen LogP contribution in [0, 0.1) is 0 Å². The van der Waals surface area contributed by atoms with Gasteiger partial charge < -0.3 is 29.1 Å². The highest BCUT2D eigenvalue weighted by Crippen LogP contribution is 2.24. The second-order valence-corrected chi connectivity index (χ2v) is 6.21. The Hall–Kier alpha value is -3.52. The van der Waals surface area contributed by atoms with E-state index in [0.29, 0.717) is 22.5 Å². The molecule has 0 radical (unpaired) electrons. The molecule has 0 saturated heterocycles. The Labute approximate surface area is 167 Å². The Bertz CT molecular complexity index is 1010. The van der Waals surface area contributed by atoms with Gasteiger partial charge in [-0.1, -0.05) is 18.2 Å². The topological polar surface area (TPSA) is 107 Å². The van der Waals surface area contributed by atoms with E-state index in [1.54, 1.807) is 31.4 Å². The van der Waals surface area contributed by atoms with Crippen molar-refractivity contribution in [3.8, 4) is 11.5 Å². The molecule has 1 atom stereocenters. The van der Waals surface area contributed by atoms with Crippen molar-refractivity contribution in [3.63, 3.8) is 0 Å². The van der Waals surface area contributed by atoms with E-state index in [1.165, 1.54) is 13.2 Å². The first-order valence-electron chi connectivity index (χ1n) is 8.82. The molecular weight excluding hydrogens is 378 g/mol. The van der Waals surface area contributed by atoms with Gasteiger partial charge >= 0.3 is 5.97 Å². The van der Waals surface area contributed by atoms with Crippen LogP contribution < -0.4 is 14.8 Å². The van der Waals surface area contributed by atoms with Crippen LogP contribution >= 0.6 is 0 Å². The third-order valence-electron chi connectivity index (χ3n) is 4.29. The average Bonchev–Trinajstić information content (AvgIpc) is 3.16. The number of carboxylic acids is 1. The highest BCUT2D eigenvalue weighted by molar-refractivity contribution is 5.98. The van der Waals surface area contributed by atoms with Gasteiger partial charge in [0.1, 0.15) is 17.1 Å². The van der Waals surface area contributed by atoms with Gasteiger partial charge in [0.25, 0.3) is 5.91 Å². The van der Waals surface area contributed by atoms with Crippen molar-refractivity contribution < 1.29 is 33.3 Å². The number of furan rings is 1. The van der Waals surface area contributed by atoms with Crippen molar-refractivity contribution in [2.75, 3.05) is 20.8 Å². The molecule has 0 fully saturated rings. The molecular formula is C21H21NO7. The summed E-state index contributed by atoms with van der Waals surface area (Å²) in [7, 11) is 3.08. The van der Waals surface area contributed by atoms with Crippen molar-refractivity contribution in [2.45, 2.75) is 12.6 Å². The number of rotatable bonds is 9. The van der Waals surface area contributed by atoms with Gasteiger partial charge in [0.15, 0.2) is 11.8 Å². The minimum absolute atomic E-state index is 0.00392. The van der Waals surface area contributed by atoms with E-state index in [-0.39, 0.29) is 19.0 Å². The first-order chi connectivity index (χ1) is 14.0. The summed E-state index contributed by atoms with van der Waals surface area (Å²) in [5.41, 5.74) is 1.27. The van der Waals surface area contributed by atoms with Crippen LogP contribution in [0.15, 0.2) is 52.9 Å². The number of para-hydroxylation sites is 1. The third-order valence-corrected chi connectivity index (χ3v) is 4.29. The molecule has 1 aromatic heterocycles. The van der Waals surface area contributed by atoms with Gasteiger partial charge in [-0.05, 0) is 30.3 Å². The zero-order chi connectivity index (χ0) is 20.8. The summed E-state index contributed by atoms with van der Waals surface area (Å²) in [4.78, 5) is 24.0. The molecule has 3 rings (SSSR count). The van der Waals surface area contributed by atoms with Crippen molar-refractivity contribution in [1.82, 2.24) is 5.32 Å². The molecule has 1 heterocycles. The molecule has 0 bridgehead atoms. The molecule has 0 aliphatic rings. The van der Waals surface area contributed by atoms with E-state index in [4.69, 9.17) is 18.6 Å². The lowest BCUT2D eigenvalue weighted by Gasteiger charge is -2.15. The summed E-state index contributed by atoms with van der Waals surface area (Å²) >= 11 is 0. The highest BCUT2D eigenvalue weighted by atomic mass is 16.5. The van der Waals surface area contributed by atoms with Gasteiger partial charge in [-0.15, -0.1) is 0 Å². The Kier molecular flexibility index (Phi) is 6.36. The van der Waals surface area contributed by atoms with Crippen LogP contribution in [0.3, 0.4) is 0 Å². The van der Waals surface area contributed by atoms with E-state index in [9.17, 15) is 14.7 Å². The molecule has 1 amide bonds. The lowest BCUT2D eigenvalue weighted by molar-refractivity contribution is -0.141. The molecule has 2 aromatic carbocycles. The first kappa shape index (κ1) is 20.2. The number of carbonyl (C=O) groups excluding carboxylic acids is 1. The van der Waals surface area contributed by atoms with Gasteiger partial charge in [-0.2, -0.15) is 0 Å². The van der Waals surface area contributed by atoms with Gasteiger partial charge in [0.2, 0.25) is 0 Å². The molecule has 0 aliphatic carbocycles. The zero-order valence-corrected chi connectivity index (χ0v) is 16.0. The normalized spacial score (nSPS) is 11.8. The van der Waals surface area contributed by atoms with E-state index in [0.717, 1.165) is 5.56 Å². The molecule has 0 unspecified atom stereocenters. The number of aliphatic carboxylic acids is 1. The number of amides is 1. The van der Waals surface area contributed by atoms with Crippen LogP contribution in [0.5, 0.6) is 11.5 Å². The lowest BCUT2D eigenvalue weighted by Crippen LogP contribution is -2.43. The van der Waals surface area contributed by atoms with Crippen molar-refractivity contribution in [1.29, 1.82) is 0 Å².